The van der Waals surface area contributed by atoms with Gasteiger partial charge in [-0.1, -0.05) is 6.92 Å². The van der Waals surface area contributed by atoms with Crippen LogP contribution in [0.25, 0.3) is 0 Å². The van der Waals surface area contributed by atoms with Crippen LogP contribution in [0.15, 0.2) is 0 Å². The van der Waals surface area contributed by atoms with Gasteiger partial charge in [0.2, 0.25) is 5.91 Å². The zero-order chi connectivity index (χ0) is 9.56. The van der Waals surface area contributed by atoms with Gasteiger partial charge in [-0.15, -0.1) is 0 Å². The molecular weight excluding hydrogens is 160 g/mol. The normalized spacial score (nSPS) is 12.2. The van der Waals surface area contributed by atoms with Crippen LogP contribution in [0.3, 0.4) is 0 Å². The molecule has 0 aliphatic rings. The zero-order valence-corrected chi connectivity index (χ0v) is 7.04. The summed E-state index contributed by atoms with van der Waals surface area (Å²) in [6.07, 6.45) is 0.670. The van der Waals surface area contributed by atoms with Crippen molar-refractivity contribution in [1.29, 1.82) is 0 Å². The number of carbonyl (C=O) groups excluding carboxylic acids is 1. The van der Waals surface area contributed by atoms with Crippen molar-refractivity contribution in [3.05, 3.63) is 0 Å². The highest BCUT2D eigenvalue weighted by atomic mass is 16.4. The number of nitrogens with one attached hydrogen (secondary N) is 1. The summed E-state index contributed by atoms with van der Waals surface area (Å²) in [5.41, 5.74) is 5.19. The fourth-order valence-electron chi connectivity index (χ4n) is 0.616. The van der Waals surface area contributed by atoms with Crippen molar-refractivity contribution in [2.75, 3.05) is 6.54 Å². The lowest BCUT2D eigenvalue weighted by molar-refractivity contribution is -0.138. The molecule has 0 saturated carbocycles. The molecule has 0 aromatic rings. The van der Waals surface area contributed by atoms with Crippen LogP contribution in [0.5, 0.6) is 0 Å². The summed E-state index contributed by atoms with van der Waals surface area (Å²) in [7, 11) is 0. The highest BCUT2D eigenvalue weighted by molar-refractivity contribution is 5.76. The van der Waals surface area contributed by atoms with Gasteiger partial charge in [0.05, 0.1) is 0 Å². The van der Waals surface area contributed by atoms with E-state index in [1.165, 1.54) is 0 Å². The van der Waals surface area contributed by atoms with E-state index in [1.807, 2.05) is 0 Å². The molecule has 0 aliphatic carbocycles. The van der Waals surface area contributed by atoms with Crippen LogP contribution in [0, 0.1) is 0 Å². The Morgan fingerprint density at radius 2 is 2.17 bits per heavy atom. The fourth-order valence-corrected chi connectivity index (χ4v) is 0.616. The van der Waals surface area contributed by atoms with Crippen molar-refractivity contribution in [3.8, 4) is 0 Å². The molecule has 1 unspecified atom stereocenters. The van der Waals surface area contributed by atoms with E-state index in [0.717, 1.165) is 0 Å². The van der Waals surface area contributed by atoms with E-state index in [2.05, 4.69) is 5.32 Å². The Hall–Kier alpha value is -1.10. The Bertz CT molecular complexity index is 170. The van der Waals surface area contributed by atoms with Gasteiger partial charge in [-0.05, 0) is 6.42 Å². The predicted molar refractivity (Wildman–Crippen MR) is 43.5 cm³/mol. The van der Waals surface area contributed by atoms with Crippen LogP contribution >= 0.6 is 0 Å². The maximum absolute atomic E-state index is 10.7. The lowest BCUT2D eigenvalue weighted by atomic mass is 10.2. The van der Waals surface area contributed by atoms with Crippen molar-refractivity contribution < 1.29 is 14.7 Å². The molecule has 0 spiro atoms. The number of rotatable bonds is 5. The van der Waals surface area contributed by atoms with Gasteiger partial charge < -0.3 is 16.2 Å². The molecule has 12 heavy (non-hydrogen) atoms. The molecule has 0 bridgehead atoms. The predicted octanol–water partition coefficient (Wildman–Crippen LogP) is -0.685. The third kappa shape index (κ3) is 4.68. The Kier molecular flexibility index (Phi) is 5.03. The molecule has 5 nitrogen and oxygen atoms in total. The van der Waals surface area contributed by atoms with Gasteiger partial charge in [0.15, 0.2) is 0 Å². The molecule has 0 rings (SSSR count). The van der Waals surface area contributed by atoms with Crippen molar-refractivity contribution in [2.24, 2.45) is 5.73 Å². The number of carboxylic acids is 1. The van der Waals surface area contributed by atoms with E-state index in [1.54, 1.807) is 6.92 Å². The minimum Gasteiger partial charge on any atom is -0.480 e. The van der Waals surface area contributed by atoms with E-state index in [4.69, 9.17) is 10.8 Å². The Labute approximate surface area is 70.9 Å². The number of amides is 1. The molecule has 0 aromatic heterocycles. The van der Waals surface area contributed by atoms with Gasteiger partial charge in [-0.25, -0.2) is 0 Å². The van der Waals surface area contributed by atoms with Crippen LogP contribution < -0.4 is 11.1 Å². The van der Waals surface area contributed by atoms with E-state index >= 15 is 0 Å². The average Bonchev–Trinajstić information content (AvgIpc) is 2.03. The molecule has 70 valence electrons. The summed E-state index contributed by atoms with van der Waals surface area (Å²) in [5.74, 6) is -1.13. The molecule has 0 aromatic carbocycles. The first kappa shape index (κ1) is 10.9. The molecule has 0 fully saturated rings. The number of hydrogen-bond donors (Lipinski definition) is 3. The van der Waals surface area contributed by atoms with Crippen LogP contribution in [0.1, 0.15) is 19.8 Å². The Balaban J connectivity index is 3.43. The van der Waals surface area contributed by atoms with Crippen LogP contribution in [-0.2, 0) is 9.59 Å². The first-order chi connectivity index (χ1) is 5.57. The van der Waals surface area contributed by atoms with Crippen molar-refractivity contribution in [1.82, 2.24) is 5.32 Å². The summed E-state index contributed by atoms with van der Waals surface area (Å²) >= 11 is 0. The first-order valence-corrected chi connectivity index (χ1v) is 3.83. The van der Waals surface area contributed by atoms with E-state index in [-0.39, 0.29) is 12.3 Å². The van der Waals surface area contributed by atoms with Crippen LogP contribution in [-0.4, -0.2) is 29.6 Å². The van der Waals surface area contributed by atoms with E-state index in [9.17, 15) is 9.59 Å². The minimum absolute atomic E-state index is 0.0902. The third-order valence-corrected chi connectivity index (χ3v) is 1.42. The zero-order valence-electron chi connectivity index (χ0n) is 7.04. The molecule has 0 heterocycles. The average molecular weight is 174 g/mol. The summed E-state index contributed by atoms with van der Waals surface area (Å²) in [6.45, 7) is 2.05. The number of hydrogen-bond acceptors (Lipinski definition) is 3. The maximum atomic E-state index is 10.7. The van der Waals surface area contributed by atoms with Crippen LogP contribution in [0.4, 0.5) is 0 Å². The molecule has 1 amide bonds. The van der Waals surface area contributed by atoms with Gasteiger partial charge in [-0.2, -0.15) is 0 Å². The fraction of sp³-hybridized carbons (Fsp3) is 0.714. The quantitative estimate of drug-likeness (QED) is 0.514. The Morgan fingerprint density at radius 1 is 1.58 bits per heavy atom. The smallest absolute Gasteiger partial charge is 0.320 e. The molecule has 5 heteroatoms. The number of carbonyl (C=O) groups is 2. The SMILES string of the molecule is CCC(=O)NCCC(N)C(=O)O. The monoisotopic (exact) mass is 174 g/mol. The molecule has 0 radical (unpaired) electrons. The van der Waals surface area contributed by atoms with Gasteiger partial charge in [0.1, 0.15) is 6.04 Å². The first-order valence-electron chi connectivity index (χ1n) is 3.83. The number of aliphatic carboxylic acids is 1. The molecular formula is C7H14N2O3. The lowest BCUT2D eigenvalue weighted by Gasteiger charge is -2.06. The highest BCUT2D eigenvalue weighted by Crippen LogP contribution is 1.86. The number of nitrogens with two attached hydrogens (primary N) is 1. The molecule has 4 N–H and O–H groups in total. The maximum Gasteiger partial charge on any atom is 0.320 e. The van der Waals surface area contributed by atoms with Gasteiger partial charge in [0, 0.05) is 13.0 Å². The van der Waals surface area contributed by atoms with Gasteiger partial charge in [-0.3, -0.25) is 9.59 Å². The van der Waals surface area contributed by atoms with E-state index < -0.39 is 12.0 Å². The largest absolute Gasteiger partial charge is 0.480 e. The highest BCUT2D eigenvalue weighted by Gasteiger charge is 2.10. The van der Waals surface area contributed by atoms with Crippen molar-refractivity contribution in [2.45, 2.75) is 25.8 Å². The van der Waals surface area contributed by atoms with Crippen molar-refractivity contribution in [3.63, 3.8) is 0 Å². The standard InChI is InChI=1S/C7H14N2O3/c1-2-6(10)9-4-3-5(8)7(11)12/h5H,2-4,8H2,1H3,(H,9,10)(H,11,12). The van der Waals surface area contributed by atoms with E-state index in [0.29, 0.717) is 13.0 Å². The summed E-state index contributed by atoms with van der Waals surface area (Å²) in [6, 6.07) is -0.887. The van der Waals surface area contributed by atoms with Crippen molar-refractivity contribution >= 4 is 11.9 Å². The second-order valence-electron chi connectivity index (χ2n) is 2.44. The molecule has 0 aliphatic heterocycles. The topological polar surface area (TPSA) is 92.4 Å². The minimum atomic E-state index is -1.04. The second kappa shape index (κ2) is 5.54. The number of carboxylic acid groups (broad SMARTS) is 1. The summed E-state index contributed by atoms with van der Waals surface area (Å²) in [4.78, 5) is 20.9. The molecule has 0 saturated heterocycles. The molecule has 1 atom stereocenters. The van der Waals surface area contributed by atoms with Gasteiger partial charge >= 0.3 is 5.97 Å². The lowest BCUT2D eigenvalue weighted by Crippen LogP contribution is -2.35. The Morgan fingerprint density at radius 3 is 2.58 bits per heavy atom. The van der Waals surface area contributed by atoms with Gasteiger partial charge in [0.25, 0.3) is 0 Å². The van der Waals surface area contributed by atoms with Crippen LogP contribution in [0.2, 0.25) is 0 Å². The summed E-state index contributed by atoms with van der Waals surface area (Å²) in [5, 5.41) is 10.9. The summed E-state index contributed by atoms with van der Waals surface area (Å²) < 4.78 is 0. The third-order valence-electron chi connectivity index (χ3n) is 1.42. The second-order valence-corrected chi connectivity index (χ2v) is 2.44.